The number of hydrogen-bond donors (Lipinski definition) is 1. The van der Waals surface area contributed by atoms with Crippen molar-refractivity contribution >= 4 is 15.7 Å². The van der Waals surface area contributed by atoms with Gasteiger partial charge in [0.05, 0.1) is 30.5 Å². The van der Waals surface area contributed by atoms with Gasteiger partial charge in [-0.3, -0.25) is 4.72 Å². The predicted molar refractivity (Wildman–Crippen MR) is 107 cm³/mol. The third kappa shape index (κ3) is 3.68. The Morgan fingerprint density at radius 2 is 1.75 bits per heavy atom. The molecule has 1 N–H and O–H groups in total. The Bertz CT molecular complexity index is 1100. The predicted octanol–water partition coefficient (Wildman–Crippen LogP) is 4.08. The lowest BCUT2D eigenvalue weighted by molar-refractivity contribution is 0.393. The molecule has 0 unspecified atom stereocenters. The number of hydrogen-bond acceptors (Lipinski definition) is 6. The van der Waals surface area contributed by atoms with Crippen LogP contribution in [0.2, 0.25) is 0 Å². The van der Waals surface area contributed by atoms with E-state index in [0.717, 1.165) is 11.1 Å². The van der Waals surface area contributed by atoms with Gasteiger partial charge in [-0.25, -0.2) is 8.42 Å². The van der Waals surface area contributed by atoms with Crippen molar-refractivity contribution in [2.45, 2.75) is 25.7 Å². The minimum Gasteiger partial charge on any atom is -0.497 e. The number of rotatable bonds is 6. The number of sulfonamides is 1. The van der Waals surface area contributed by atoms with Crippen LogP contribution >= 0.6 is 0 Å². The molecule has 1 aromatic heterocycles. The maximum atomic E-state index is 13.1. The maximum absolute atomic E-state index is 13.1. The summed E-state index contributed by atoms with van der Waals surface area (Å²) in [5.74, 6) is 1.56. The van der Waals surface area contributed by atoms with Gasteiger partial charge >= 0.3 is 0 Å². The summed E-state index contributed by atoms with van der Waals surface area (Å²) in [5.41, 5.74) is 3.16. The second-order valence-electron chi connectivity index (χ2n) is 6.35. The van der Waals surface area contributed by atoms with E-state index in [1.807, 2.05) is 13.0 Å². The standard InChI is InChI=1S/C20H22N2O5S/c1-12-6-7-15(20-13(2)21-27-14(20)3)10-19(12)28(23,24)22-17-9-8-16(25-4)11-18(17)26-5/h6-11,22H,1-5H3. The van der Waals surface area contributed by atoms with Crippen molar-refractivity contribution in [3.8, 4) is 22.6 Å². The normalized spacial score (nSPS) is 11.3. The zero-order valence-corrected chi connectivity index (χ0v) is 17.2. The maximum Gasteiger partial charge on any atom is 0.262 e. The van der Waals surface area contributed by atoms with Gasteiger partial charge in [0.25, 0.3) is 10.0 Å². The van der Waals surface area contributed by atoms with Gasteiger partial charge in [0.15, 0.2) is 0 Å². The van der Waals surface area contributed by atoms with Crippen molar-refractivity contribution in [2.75, 3.05) is 18.9 Å². The first kappa shape index (κ1) is 19.8. The van der Waals surface area contributed by atoms with Crippen molar-refractivity contribution in [1.29, 1.82) is 0 Å². The van der Waals surface area contributed by atoms with Crippen molar-refractivity contribution in [3.05, 3.63) is 53.4 Å². The van der Waals surface area contributed by atoms with Gasteiger partial charge < -0.3 is 14.0 Å². The van der Waals surface area contributed by atoms with E-state index in [2.05, 4.69) is 9.88 Å². The molecule has 0 fully saturated rings. The molecule has 0 saturated carbocycles. The Kier molecular flexibility index (Phi) is 5.33. The van der Waals surface area contributed by atoms with E-state index in [-0.39, 0.29) is 4.90 Å². The number of nitrogens with zero attached hydrogens (tertiary/aromatic N) is 1. The third-order valence-electron chi connectivity index (χ3n) is 4.45. The largest absolute Gasteiger partial charge is 0.497 e. The molecule has 0 saturated heterocycles. The Labute approximate surface area is 164 Å². The van der Waals surface area contributed by atoms with E-state index in [0.29, 0.717) is 34.2 Å². The molecule has 7 nitrogen and oxygen atoms in total. The molecule has 0 aliphatic carbocycles. The minimum atomic E-state index is -3.86. The molecule has 0 aliphatic heterocycles. The summed E-state index contributed by atoms with van der Waals surface area (Å²) in [6.45, 7) is 5.36. The molecule has 0 bridgehead atoms. The van der Waals surface area contributed by atoms with Crippen LogP contribution < -0.4 is 14.2 Å². The highest BCUT2D eigenvalue weighted by atomic mass is 32.2. The highest BCUT2D eigenvalue weighted by molar-refractivity contribution is 7.92. The summed E-state index contributed by atoms with van der Waals surface area (Å²) in [4.78, 5) is 0.169. The summed E-state index contributed by atoms with van der Waals surface area (Å²) in [6.07, 6.45) is 0. The highest BCUT2D eigenvalue weighted by Crippen LogP contribution is 2.33. The number of nitrogens with one attached hydrogen (secondary N) is 1. The van der Waals surface area contributed by atoms with Crippen molar-refractivity contribution in [2.24, 2.45) is 0 Å². The fourth-order valence-electron chi connectivity index (χ4n) is 3.02. The molecule has 3 aromatic rings. The van der Waals surface area contributed by atoms with Crippen LogP contribution in [0.25, 0.3) is 11.1 Å². The topological polar surface area (TPSA) is 90.7 Å². The summed E-state index contributed by atoms with van der Waals surface area (Å²) in [6, 6.07) is 10.1. The van der Waals surface area contributed by atoms with Crippen molar-refractivity contribution < 1.29 is 22.4 Å². The monoisotopic (exact) mass is 402 g/mol. The average molecular weight is 402 g/mol. The van der Waals surface area contributed by atoms with Crippen LogP contribution in [0.15, 0.2) is 45.8 Å². The molecule has 0 atom stereocenters. The molecule has 1 heterocycles. The molecule has 2 aromatic carbocycles. The van der Waals surface area contributed by atoms with Crippen LogP contribution in [0.4, 0.5) is 5.69 Å². The number of anilines is 1. The summed E-state index contributed by atoms with van der Waals surface area (Å²) < 4.78 is 44.4. The van der Waals surface area contributed by atoms with Crippen molar-refractivity contribution in [3.63, 3.8) is 0 Å². The molecule has 8 heteroatoms. The Balaban J connectivity index is 2.04. The molecule has 0 spiro atoms. The van der Waals surface area contributed by atoms with E-state index in [1.54, 1.807) is 44.2 Å². The molecule has 3 rings (SSSR count). The fourth-order valence-corrected chi connectivity index (χ4v) is 4.36. The van der Waals surface area contributed by atoms with E-state index in [9.17, 15) is 8.42 Å². The summed E-state index contributed by atoms with van der Waals surface area (Å²) in [7, 11) is -0.859. The van der Waals surface area contributed by atoms with Crippen LogP contribution in [0.1, 0.15) is 17.0 Å². The first-order chi connectivity index (χ1) is 13.3. The zero-order chi connectivity index (χ0) is 20.5. The van der Waals surface area contributed by atoms with Crippen LogP contribution in [-0.4, -0.2) is 27.8 Å². The minimum absolute atomic E-state index is 0.169. The quantitative estimate of drug-likeness (QED) is 0.668. The molecular formula is C20H22N2O5S. The average Bonchev–Trinajstić information content (AvgIpc) is 3.00. The Hall–Kier alpha value is -3.00. The first-order valence-corrected chi connectivity index (χ1v) is 10.0. The van der Waals surface area contributed by atoms with Gasteiger partial charge in [-0.15, -0.1) is 0 Å². The van der Waals surface area contributed by atoms with E-state index >= 15 is 0 Å². The van der Waals surface area contributed by atoms with Gasteiger partial charge in [-0.05, 0) is 50.1 Å². The van der Waals surface area contributed by atoms with Crippen LogP contribution in [-0.2, 0) is 10.0 Å². The van der Waals surface area contributed by atoms with Gasteiger partial charge in [-0.2, -0.15) is 0 Å². The van der Waals surface area contributed by atoms with Gasteiger partial charge in [0.1, 0.15) is 17.3 Å². The van der Waals surface area contributed by atoms with Crippen molar-refractivity contribution in [1.82, 2.24) is 5.16 Å². The van der Waals surface area contributed by atoms with Gasteiger partial charge in [0.2, 0.25) is 0 Å². The zero-order valence-electron chi connectivity index (χ0n) is 16.4. The summed E-state index contributed by atoms with van der Waals surface area (Å²) >= 11 is 0. The molecular weight excluding hydrogens is 380 g/mol. The Morgan fingerprint density at radius 1 is 1.00 bits per heavy atom. The molecule has 0 radical (unpaired) electrons. The van der Waals surface area contributed by atoms with E-state index in [4.69, 9.17) is 14.0 Å². The lowest BCUT2D eigenvalue weighted by atomic mass is 10.0. The van der Waals surface area contributed by atoms with Gasteiger partial charge in [-0.1, -0.05) is 17.3 Å². The molecule has 0 aliphatic rings. The molecule has 148 valence electrons. The second-order valence-corrected chi connectivity index (χ2v) is 8.00. The van der Waals surface area contributed by atoms with Crippen LogP contribution in [0.5, 0.6) is 11.5 Å². The van der Waals surface area contributed by atoms with Gasteiger partial charge in [0, 0.05) is 11.6 Å². The number of methoxy groups -OCH3 is 2. The smallest absolute Gasteiger partial charge is 0.262 e. The highest BCUT2D eigenvalue weighted by Gasteiger charge is 2.21. The fraction of sp³-hybridized carbons (Fsp3) is 0.250. The molecule has 0 amide bonds. The van der Waals surface area contributed by atoms with Crippen LogP contribution in [0, 0.1) is 20.8 Å². The lowest BCUT2D eigenvalue weighted by Gasteiger charge is -2.15. The van der Waals surface area contributed by atoms with Crippen LogP contribution in [0.3, 0.4) is 0 Å². The lowest BCUT2D eigenvalue weighted by Crippen LogP contribution is -2.15. The SMILES string of the molecule is COc1ccc(NS(=O)(=O)c2cc(-c3c(C)noc3C)ccc2C)c(OC)c1. The van der Waals surface area contributed by atoms with E-state index in [1.165, 1.54) is 14.2 Å². The van der Waals surface area contributed by atoms with E-state index < -0.39 is 10.0 Å². The number of benzene rings is 2. The number of ether oxygens (including phenoxy) is 2. The number of aryl methyl sites for hydroxylation is 3. The second kappa shape index (κ2) is 7.55. The third-order valence-corrected chi connectivity index (χ3v) is 5.96. The first-order valence-electron chi connectivity index (χ1n) is 8.55. The molecule has 28 heavy (non-hydrogen) atoms. The number of aromatic nitrogens is 1. The summed E-state index contributed by atoms with van der Waals surface area (Å²) in [5, 5.41) is 3.95. The Morgan fingerprint density at radius 3 is 2.36 bits per heavy atom.